The topological polar surface area (TPSA) is 101 Å². The van der Waals surface area contributed by atoms with Crippen molar-refractivity contribution in [3.8, 4) is 5.75 Å². The molecule has 0 fully saturated rings. The smallest absolute Gasteiger partial charge is 0.340 e. The number of benzene rings is 1. The van der Waals surface area contributed by atoms with Crippen molar-refractivity contribution in [1.29, 1.82) is 0 Å². The van der Waals surface area contributed by atoms with E-state index < -0.39 is 11.9 Å². The molecule has 2 aromatic rings. The molecule has 33 heavy (non-hydrogen) atoms. The zero-order valence-electron chi connectivity index (χ0n) is 18.8. The van der Waals surface area contributed by atoms with Crippen molar-refractivity contribution >= 4 is 27.7 Å². The Kier molecular flexibility index (Phi) is 6.38. The molecule has 1 atom stereocenters. The van der Waals surface area contributed by atoms with E-state index in [1.807, 2.05) is 38.1 Å². The summed E-state index contributed by atoms with van der Waals surface area (Å²) in [6, 6.07) is 11.0. The number of Topliss-reactive ketones (excluding diaryl/α,β-unsaturated/α-hetero) is 1. The van der Waals surface area contributed by atoms with Gasteiger partial charge in [0.15, 0.2) is 5.78 Å². The van der Waals surface area contributed by atoms with Gasteiger partial charge in [0.05, 0.1) is 12.5 Å². The van der Waals surface area contributed by atoms with Crippen LogP contribution < -0.4 is 10.5 Å². The standard InChI is InChI=1S/C25H26BrNO6/c1-4-30-24(29)22-21(20-17(28)11-25(2,3)12-19(20)33-23(22)27)18-9-8-16(32-18)13-31-15-7-5-6-14(26)10-15/h5-10,21H,4,11-13,27H2,1-3H3/t21-/m1/s1. The van der Waals surface area contributed by atoms with Crippen LogP contribution in [0.2, 0.25) is 0 Å². The number of ether oxygens (including phenoxy) is 3. The van der Waals surface area contributed by atoms with Gasteiger partial charge in [0.25, 0.3) is 0 Å². The molecule has 4 rings (SSSR count). The highest BCUT2D eigenvalue weighted by Crippen LogP contribution is 2.48. The van der Waals surface area contributed by atoms with Crippen LogP contribution in [-0.2, 0) is 25.7 Å². The fourth-order valence-electron chi connectivity index (χ4n) is 4.22. The number of nitrogens with two attached hydrogens (primary N) is 1. The van der Waals surface area contributed by atoms with E-state index in [1.54, 1.807) is 19.1 Å². The summed E-state index contributed by atoms with van der Waals surface area (Å²) in [4.78, 5) is 26.0. The molecule has 8 heteroatoms. The summed E-state index contributed by atoms with van der Waals surface area (Å²) in [7, 11) is 0. The SMILES string of the molecule is CCOC(=O)C1=C(N)OC2=C(C(=O)CC(C)(C)C2)[C@H]1c1ccc(COc2cccc(Br)c2)o1. The molecule has 2 N–H and O–H groups in total. The minimum absolute atomic E-state index is 0.0639. The maximum Gasteiger partial charge on any atom is 0.340 e. The third kappa shape index (κ3) is 4.85. The Balaban J connectivity index is 1.68. The Morgan fingerprint density at radius 3 is 2.76 bits per heavy atom. The van der Waals surface area contributed by atoms with Crippen molar-refractivity contribution < 1.29 is 28.2 Å². The largest absolute Gasteiger partial charge is 0.486 e. The first-order valence-corrected chi connectivity index (χ1v) is 11.6. The maximum atomic E-state index is 13.2. The quantitative estimate of drug-likeness (QED) is 0.533. The number of carbonyl (C=O) groups is 2. The van der Waals surface area contributed by atoms with Crippen LogP contribution in [0.4, 0.5) is 0 Å². The van der Waals surface area contributed by atoms with Gasteiger partial charge in [-0.3, -0.25) is 4.79 Å². The summed E-state index contributed by atoms with van der Waals surface area (Å²) in [5, 5.41) is 0. The molecule has 1 aliphatic carbocycles. The first kappa shape index (κ1) is 23.2. The number of furan rings is 1. The van der Waals surface area contributed by atoms with Gasteiger partial charge in [-0.1, -0.05) is 35.8 Å². The van der Waals surface area contributed by atoms with Crippen LogP contribution in [0.5, 0.6) is 5.75 Å². The molecule has 0 saturated heterocycles. The van der Waals surface area contributed by atoms with E-state index >= 15 is 0 Å². The molecule has 0 unspecified atom stereocenters. The van der Waals surface area contributed by atoms with Gasteiger partial charge in [0, 0.05) is 22.9 Å². The van der Waals surface area contributed by atoms with Crippen molar-refractivity contribution in [2.24, 2.45) is 11.1 Å². The highest BCUT2D eigenvalue weighted by molar-refractivity contribution is 9.10. The molecule has 2 heterocycles. The van der Waals surface area contributed by atoms with Gasteiger partial charge in [-0.25, -0.2) is 4.79 Å². The predicted octanol–water partition coefficient (Wildman–Crippen LogP) is 5.11. The van der Waals surface area contributed by atoms with Gasteiger partial charge < -0.3 is 24.4 Å². The highest BCUT2D eigenvalue weighted by atomic mass is 79.9. The monoisotopic (exact) mass is 515 g/mol. The van der Waals surface area contributed by atoms with Crippen molar-refractivity contribution in [2.45, 2.75) is 46.1 Å². The number of rotatable bonds is 6. The lowest BCUT2D eigenvalue weighted by Crippen LogP contribution is -2.35. The third-order valence-electron chi connectivity index (χ3n) is 5.59. The summed E-state index contributed by atoms with van der Waals surface area (Å²) < 4.78 is 23.8. The Morgan fingerprint density at radius 1 is 1.24 bits per heavy atom. The van der Waals surface area contributed by atoms with Crippen LogP contribution in [-0.4, -0.2) is 18.4 Å². The first-order chi connectivity index (χ1) is 15.7. The number of ketones is 1. The van der Waals surface area contributed by atoms with E-state index in [0.29, 0.717) is 41.4 Å². The lowest BCUT2D eigenvalue weighted by molar-refractivity contribution is -0.139. The second-order valence-electron chi connectivity index (χ2n) is 8.86. The zero-order chi connectivity index (χ0) is 23.8. The average molecular weight is 516 g/mol. The molecule has 1 aromatic carbocycles. The van der Waals surface area contributed by atoms with Gasteiger partial charge >= 0.3 is 5.97 Å². The van der Waals surface area contributed by atoms with Gasteiger partial charge in [-0.2, -0.15) is 0 Å². The summed E-state index contributed by atoms with van der Waals surface area (Å²) in [6.07, 6.45) is 0.863. The van der Waals surface area contributed by atoms with E-state index in [-0.39, 0.29) is 35.9 Å². The fraction of sp³-hybridized carbons (Fsp3) is 0.360. The molecule has 2 aliphatic rings. The minimum Gasteiger partial charge on any atom is -0.486 e. The Hall–Kier alpha value is -3.00. The molecule has 7 nitrogen and oxygen atoms in total. The van der Waals surface area contributed by atoms with E-state index in [1.165, 1.54) is 0 Å². The number of halogens is 1. The van der Waals surface area contributed by atoms with E-state index in [4.69, 9.17) is 24.4 Å². The second kappa shape index (κ2) is 9.09. The zero-order valence-corrected chi connectivity index (χ0v) is 20.4. The number of allylic oxidation sites excluding steroid dienone is 2. The van der Waals surface area contributed by atoms with E-state index in [2.05, 4.69) is 15.9 Å². The molecular weight excluding hydrogens is 490 g/mol. The molecule has 1 aliphatic heterocycles. The molecule has 0 bridgehead atoms. The Morgan fingerprint density at radius 2 is 2.03 bits per heavy atom. The molecule has 0 spiro atoms. The van der Waals surface area contributed by atoms with Crippen LogP contribution in [0.15, 0.2) is 68.1 Å². The lowest BCUT2D eigenvalue weighted by atomic mass is 9.71. The van der Waals surface area contributed by atoms with Crippen molar-refractivity contribution in [1.82, 2.24) is 0 Å². The Labute approximate surface area is 200 Å². The fourth-order valence-corrected chi connectivity index (χ4v) is 4.59. The van der Waals surface area contributed by atoms with Gasteiger partial charge in [-0.05, 0) is 42.7 Å². The Bertz CT molecular complexity index is 1160. The minimum atomic E-state index is -0.795. The molecular formula is C25H26BrNO6. The molecule has 1 aromatic heterocycles. The van der Waals surface area contributed by atoms with E-state index in [9.17, 15) is 9.59 Å². The molecule has 0 radical (unpaired) electrons. The van der Waals surface area contributed by atoms with E-state index in [0.717, 1.165) is 4.47 Å². The summed E-state index contributed by atoms with van der Waals surface area (Å²) in [6.45, 7) is 6.05. The predicted molar refractivity (Wildman–Crippen MR) is 124 cm³/mol. The van der Waals surface area contributed by atoms with Crippen LogP contribution >= 0.6 is 15.9 Å². The number of hydrogen-bond donors (Lipinski definition) is 1. The van der Waals surface area contributed by atoms with Gasteiger partial charge in [0.2, 0.25) is 5.88 Å². The van der Waals surface area contributed by atoms with Crippen LogP contribution in [0.25, 0.3) is 0 Å². The summed E-state index contributed by atoms with van der Waals surface area (Å²) >= 11 is 3.42. The second-order valence-corrected chi connectivity index (χ2v) is 9.78. The van der Waals surface area contributed by atoms with Crippen molar-refractivity contribution in [3.05, 3.63) is 75.2 Å². The van der Waals surface area contributed by atoms with Gasteiger partial charge in [-0.15, -0.1) is 0 Å². The lowest BCUT2D eigenvalue weighted by Gasteiger charge is -2.37. The number of hydrogen-bond acceptors (Lipinski definition) is 7. The average Bonchev–Trinajstić information content (AvgIpc) is 3.19. The number of carbonyl (C=O) groups excluding carboxylic acids is 2. The normalized spacial score (nSPS) is 19.8. The van der Waals surface area contributed by atoms with Crippen LogP contribution in [0.3, 0.4) is 0 Å². The maximum absolute atomic E-state index is 13.2. The van der Waals surface area contributed by atoms with Crippen molar-refractivity contribution in [2.75, 3.05) is 6.61 Å². The summed E-state index contributed by atoms with van der Waals surface area (Å²) in [5.41, 5.74) is 6.39. The summed E-state index contributed by atoms with van der Waals surface area (Å²) in [5.74, 6) is 0.537. The van der Waals surface area contributed by atoms with Crippen LogP contribution in [0, 0.1) is 5.41 Å². The first-order valence-electron chi connectivity index (χ1n) is 10.8. The highest BCUT2D eigenvalue weighted by Gasteiger charge is 2.46. The molecule has 0 amide bonds. The molecule has 0 saturated carbocycles. The molecule has 174 valence electrons. The number of esters is 1. The van der Waals surface area contributed by atoms with Crippen LogP contribution in [0.1, 0.15) is 51.1 Å². The van der Waals surface area contributed by atoms with Gasteiger partial charge in [0.1, 0.15) is 35.2 Å². The third-order valence-corrected chi connectivity index (χ3v) is 6.09. The van der Waals surface area contributed by atoms with Crippen molar-refractivity contribution in [3.63, 3.8) is 0 Å².